The summed E-state index contributed by atoms with van der Waals surface area (Å²) >= 11 is 1.70. The molecule has 2 aromatic carbocycles. The highest BCUT2D eigenvalue weighted by molar-refractivity contribution is 7.97. The maximum atomic E-state index is 12.3. The molecule has 0 bridgehead atoms. The van der Waals surface area contributed by atoms with Crippen LogP contribution in [0, 0.1) is 11.8 Å². The first kappa shape index (κ1) is 23.5. The van der Waals surface area contributed by atoms with E-state index < -0.39 is 5.41 Å². The van der Waals surface area contributed by atoms with Crippen LogP contribution in [0.5, 0.6) is 0 Å². The molecular formula is C30H27N5OS. The molecule has 6 nitrogen and oxygen atoms in total. The van der Waals surface area contributed by atoms with Crippen LogP contribution in [-0.4, -0.2) is 21.9 Å². The number of rotatable bonds is 5. The second-order valence-corrected chi connectivity index (χ2v) is 10.9. The standard InChI is InChI=1S/C30H27N5OS/c1-30(2)25-12-6-19(16-27(25)34-29(30)36)7-13-26-24-17-28(32-18-20(24)14-15-31-26)33-21-8-10-23(11-9-21)37-35-22-4-3-5-22/h6,8-12,14-18,22,35H,3-5H2,1-2H3,(H,32,33)(H,34,36). The number of hydrogen-bond donors (Lipinski definition) is 3. The number of fused-ring (bicyclic) bond motifs is 2. The number of anilines is 3. The highest BCUT2D eigenvalue weighted by Crippen LogP contribution is 2.37. The molecule has 0 atom stereocenters. The smallest absolute Gasteiger partial charge is 0.234 e. The molecule has 184 valence electrons. The lowest BCUT2D eigenvalue weighted by atomic mass is 9.86. The quantitative estimate of drug-likeness (QED) is 0.223. The third-order valence-corrected chi connectivity index (χ3v) is 8.02. The zero-order chi connectivity index (χ0) is 25.4. The van der Waals surface area contributed by atoms with Gasteiger partial charge in [-0.1, -0.05) is 18.4 Å². The minimum Gasteiger partial charge on any atom is -0.340 e. The topological polar surface area (TPSA) is 78.9 Å². The molecule has 4 aromatic rings. The predicted octanol–water partition coefficient (Wildman–Crippen LogP) is 6.15. The van der Waals surface area contributed by atoms with Gasteiger partial charge in [-0.2, -0.15) is 0 Å². The molecule has 2 aliphatic rings. The van der Waals surface area contributed by atoms with Crippen molar-refractivity contribution >= 4 is 45.8 Å². The van der Waals surface area contributed by atoms with Gasteiger partial charge in [-0.25, -0.2) is 9.97 Å². The number of amides is 1. The monoisotopic (exact) mass is 505 g/mol. The Hall–Kier alpha value is -3.86. The molecule has 0 radical (unpaired) electrons. The summed E-state index contributed by atoms with van der Waals surface area (Å²) in [5.41, 5.74) is 3.77. The van der Waals surface area contributed by atoms with Crippen LogP contribution in [0.2, 0.25) is 0 Å². The van der Waals surface area contributed by atoms with Crippen molar-refractivity contribution in [3.63, 3.8) is 0 Å². The Morgan fingerprint density at radius 2 is 1.86 bits per heavy atom. The van der Waals surface area contributed by atoms with Gasteiger partial charge in [0.15, 0.2) is 0 Å². The van der Waals surface area contributed by atoms with Gasteiger partial charge >= 0.3 is 0 Å². The van der Waals surface area contributed by atoms with Crippen molar-refractivity contribution < 1.29 is 4.79 Å². The zero-order valence-corrected chi connectivity index (χ0v) is 21.6. The highest BCUT2D eigenvalue weighted by Gasteiger charge is 2.38. The molecular weight excluding hydrogens is 478 g/mol. The largest absolute Gasteiger partial charge is 0.340 e. The van der Waals surface area contributed by atoms with Crippen molar-refractivity contribution in [2.24, 2.45) is 0 Å². The maximum absolute atomic E-state index is 12.3. The minimum atomic E-state index is -0.527. The van der Waals surface area contributed by atoms with Crippen LogP contribution in [0.3, 0.4) is 0 Å². The van der Waals surface area contributed by atoms with Crippen molar-refractivity contribution in [3.8, 4) is 11.8 Å². The molecule has 1 aliphatic heterocycles. The zero-order valence-electron chi connectivity index (χ0n) is 20.8. The van der Waals surface area contributed by atoms with Gasteiger partial charge in [0.25, 0.3) is 0 Å². The number of aromatic nitrogens is 2. The van der Waals surface area contributed by atoms with Gasteiger partial charge in [0.1, 0.15) is 11.5 Å². The summed E-state index contributed by atoms with van der Waals surface area (Å²) in [7, 11) is 0. The van der Waals surface area contributed by atoms with Crippen LogP contribution >= 0.6 is 11.9 Å². The van der Waals surface area contributed by atoms with Crippen molar-refractivity contribution in [3.05, 3.63) is 83.8 Å². The van der Waals surface area contributed by atoms with Crippen molar-refractivity contribution in [2.45, 2.75) is 49.5 Å². The summed E-state index contributed by atoms with van der Waals surface area (Å²) in [6.45, 7) is 3.86. The van der Waals surface area contributed by atoms with E-state index >= 15 is 0 Å². The molecule has 37 heavy (non-hydrogen) atoms. The molecule has 7 heteroatoms. The molecule has 1 amide bonds. The van der Waals surface area contributed by atoms with Gasteiger partial charge in [0.05, 0.1) is 5.41 Å². The molecule has 1 aliphatic carbocycles. The van der Waals surface area contributed by atoms with Crippen LogP contribution in [0.15, 0.2) is 71.9 Å². The Morgan fingerprint density at radius 1 is 1.03 bits per heavy atom. The van der Waals surface area contributed by atoms with Gasteiger partial charge in [-0.15, -0.1) is 0 Å². The Balaban J connectivity index is 1.21. The molecule has 3 N–H and O–H groups in total. The lowest BCUT2D eigenvalue weighted by Crippen LogP contribution is -2.29. The molecule has 3 heterocycles. The second kappa shape index (κ2) is 9.55. The van der Waals surface area contributed by atoms with Crippen molar-refractivity contribution in [1.29, 1.82) is 0 Å². The lowest BCUT2D eigenvalue weighted by molar-refractivity contribution is -0.119. The fraction of sp³-hybridized carbons (Fsp3) is 0.233. The third-order valence-electron chi connectivity index (χ3n) is 7.06. The van der Waals surface area contributed by atoms with E-state index in [0.717, 1.165) is 39.1 Å². The van der Waals surface area contributed by atoms with E-state index in [1.54, 1.807) is 18.1 Å². The highest BCUT2D eigenvalue weighted by atomic mass is 32.2. The van der Waals surface area contributed by atoms with Gasteiger partial charge in [0, 0.05) is 51.0 Å². The first-order valence-electron chi connectivity index (χ1n) is 12.5. The number of nitrogens with zero attached hydrogens (tertiary/aromatic N) is 2. The van der Waals surface area contributed by atoms with Crippen LogP contribution < -0.4 is 15.4 Å². The average molecular weight is 506 g/mol. The summed E-state index contributed by atoms with van der Waals surface area (Å²) in [6.07, 6.45) is 7.45. The normalized spacial score (nSPS) is 15.9. The van der Waals surface area contributed by atoms with Crippen LogP contribution in [-0.2, 0) is 10.2 Å². The SMILES string of the molecule is CC1(C)C(=O)Nc2cc(C#Cc3nccc4cnc(Nc5ccc(SNC6CCC6)cc5)cc34)ccc21. The number of hydrogen-bond acceptors (Lipinski definition) is 6. The van der Waals surface area contributed by atoms with Crippen molar-refractivity contribution in [2.75, 3.05) is 10.6 Å². The van der Waals surface area contributed by atoms with Crippen molar-refractivity contribution in [1.82, 2.24) is 14.7 Å². The molecule has 2 aromatic heterocycles. The molecule has 0 unspecified atom stereocenters. The van der Waals surface area contributed by atoms with E-state index in [9.17, 15) is 4.79 Å². The summed E-state index contributed by atoms with van der Waals surface area (Å²) in [6, 6.07) is 18.8. The third kappa shape index (κ3) is 4.78. The van der Waals surface area contributed by atoms with E-state index in [1.807, 2.05) is 50.4 Å². The van der Waals surface area contributed by atoms with Gasteiger partial charge in [-0.05, 0) is 98.7 Å². The van der Waals surface area contributed by atoms with E-state index in [-0.39, 0.29) is 5.91 Å². The molecule has 0 spiro atoms. The Bertz CT molecular complexity index is 1560. The van der Waals surface area contributed by atoms with Gasteiger partial charge < -0.3 is 10.6 Å². The Kier molecular flexibility index (Phi) is 6.07. The number of carbonyl (C=O) groups is 1. The molecule has 1 saturated carbocycles. The summed E-state index contributed by atoms with van der Waals surface area (Å²) in [5.74, 6) is 7.18. The maximum Gasteiger partial charge on any atom is 0.234 e. The van der Waals surface area contributed by atoms with E-state index in [1.165, 1.54) is 24.2 Å². The number of benzene rings is 2. The Morgan fingerprint density at radius 3 is 2.65 bits per heavy atom. The average Bonchev–Trinajstić information content (AvgIpc) is 3.10. The van der Waals surface area contributed by atoms with E-state index in [4.69, 9.17) is 0 Å². The summed E-state index contributed by atoms with van der Waals surface area (Å²) in [4.78, 5) is 22.6. The molecule has 1 fully saturated rings. The fourth-order valence-corrected chi connectivity index (χ4v) is 5.28. The second-order valence-electron chi connectivity index (χ2n) is 10.0. The number of pyridine rings is 2. The Labute approximate surface area is 220 Å². The first-order chi connectivity index (χ1) is 18.0. The molecule has 0 saturated heterocycles. The first-order valence-corrected chi connectivity index (χ1v) is 13.3. The number of nitrogens with one attached hydrogen (secondary N) is 3. The van der Waals surface area contributed by atoms with Crippen LogP contribution in [0.25, 0.3) is 10.8 Å². The number of carbonyl (C=O) groups excluding carboxylic acids is 1. The minimum absolute atomic E-state index is 0.00888. The summed E-state index contributed by atoms with van der Waals surface area (Å²) < 4.78 is 3.52. The summed E-state index contributed by atoms with van der Waals surface area (Å²) in [5, 5.41) is 8.26. The van der Waals surface area contributed by atoms with Gasteiger partial charge in [0.2, 0.25) is 5.91 Å². The van der Waals surface area contributed by atoms with Gasteiger partial charge in [-0.3, -0.25) is 9.52 Å². The lowest BCUT2D eigenvalue weighted by Gasteiger charge is -2.25. The molecule has 6 rings (SSSR count). The van der Waals surface area contributed by atoms with E-state index in [2.05, 4.69) is 61.4 Å². The van der Waals surface area contributed by atoms with Crippen LogP contribution in [0.4, 0.5) is 17.2 Å². The fourth-order valence-electron chi connectivity index (χ4n) is 4.47. The van der Waals surface area contributed by atoms with Crippen LogP contribution in [0.1, 0.15) is 49.9 Å². The predicted molar refractivity (Wildman–Crippen MR) is 150 cm³/mol. The van der Waals surface area contributed by atoms with E-state index in [0.29, 0.717) is 11.7 Å².